The first kappa shape index (κ1) is 13.9. The molecule has 0 aliphatic heterocycles. The van der Waals surface area contributed by atoms with Gasteiger partial charge in [-0.25, -0.2) is 8.78 Å². The largest absolute Gasteiger partial charge is 0.294 e. The Labute approximate surface area is 118 Å². The summed E-state index contributed by atoms with van der Waals surface area (Å²) in [6.07, 6.45) is 0.158. The van der Waals surface area contributed by atoms with Crippen molar-refractivity contribution in [3.63, 3.8) is 0 Å². The Morgan fingerprint density at radius 2 is 1.89 bits per heavy atom. The fourth-order valence-corrected chi connectivity index (χ4v) is 2.30. The van der Waals surface area contributed by atoms with E-state index < -0.39 is 0 Å². The van der Waals surface area contributed by atoms with E-state index in [1.165, 1.54) is 24.3 Å². The lowest BCUT2D eigenvalue weighted by atomic mass is 9.99. The summed E-state index contributed by atoms with van der Waals surface area (Å²) in [6, 6.07) is 8.52. The Bertz CT molecular complexity index is 638. The second-order valence-corrected chi connectivity index (χ2v) is 5.16. The molecule has 0 saturated heterocycles. The number of rotatable bonds is 3. The molecule has 0 fully saturated rings. The smallest absolute Gasteiger partial charge is 0.167 e. The number of aryl methyl sites for hydroxylation is 1. The van der Waals surface area contributed by atoms with Crippen molar-refractivity contribution in [1.82, 2.24) is 0 Å². The quantitative estimate of drug-likeness (QED) is 0.762. The lowest BCUT2D eigenvalue weighted by molar-refractivity contribution is 0.0992. The number of hydrogen-bond acceptors (Lipinski definition) is 1. The van der Waals surface area contributed by atoms with Gasteiger partial charge in [0.15, 0.2) is 5.78 Å². The van der Waals surface area contributed by atoms with Gasteiger partial charge in [0.05, 0.1) is 4.47 Å². The topological polar surface area (TPSA) is 17.1 Å². The fraction of sp³-hybridized carbons (Fsp3) is 0.133. The van der Waals surface area contributed by atoms with Gasteiger partial charge in [-0.15, -0.1) is 0 Å². The summed E-state index contributed by atoms with van der Waals surface area (Å²) in [4.78, 5) is 12.1. The van der Waals surface area contributed by atoms with Gasteiger partial charge in [-0.2, -0.15) is 0 Å². The van der Waals surface area contributed by atoms with Crippen molar-refractivity contribution in [2.75, 3.05) is 0 Å². The Balaban J connectivity index is 2.23. The first-order chi connectivity index (χ1) is 8.97. The molecule has 0 unspecified atom stereocenters. The number of halogens is 3. The molecule has 0 atom stereocenters. The van der Waals surface area contributed by atoms with Crippen LogP contribution in [0, 0.1) is 18.6 Å². The molecule has 0 heterocycles. The van der Waals surface area contributed by atoms with Crippen LogP contribution in [0.25, 0.3) is 0 Å². The highest BCUT2D eigenvalue weighted by Gasteiger charge is 2.11. The summed E-state index contributed by atoms with van der Waals surface area (Å²) >= 11 is 3.08. The first-order valence-electron chi connectivity index (χ1n) is 5.70. The maximum atomic E-state index is 13.1. The van der Waals surface area contributed by atoms with Gasteiger partial charge in [-0.05, 0) is 64.3 Å². The number of carbonyl (C=O) groups is 1. The van der Waals surface area contributed by atoms with E-state index in [1.54, 1.807) is 19.1 Å². The third-order valence-corrected chi connectivity index (χ3v) is 3.45. The third-order valence-electron chi connectivity index (χ3n) is 2.84. The van der Waals surface area contributed by atoms with Gasteiger partial charge in [0.2, 0.25) is 0 Å². The molecular formula is C15H11BrF2O. The second-order valence-electron chi connectivity index (χ2n) is 4.31. The molecule has 0 N–H and O–H groups in total. The minimum atomic E-state index is -0.367. The maximum Gasteiger partial charge on any atom is 0.167 e. The number of Topliss-reactive ketones (excluding diaryl/α,β-unsaturated/α-hetero) is 1. The van der Waals surface area contributed by atoms with Crippen molar-refractivity contribution in [3.8, 4) is 0 Å². The molecule has 1 nitrogen and oxygen atoms in total. The molecule has 2 aromatic carbocycles. The SMILES string of the molecule is Cc1cc(F)ccc1C(=O)Cc1ccc(F)c(Br)c1. The van der Waals surface area contributed by atoms with Crippen molar-refractivity contribution in [2.45, 2.75) is 13.3 Å². The molecule has 0 bridgehead atoms. The molecule has 98 valence electrons. The zero-order valence-electron chi connectivity index (χ0n) is 10.2. The van der Waals surface area contributed by atoms with Crippen molar-refractivity contribution in [3.05, 3.63) is 69.2 Å². The average Bonchev–Trinajstić information content (AvgIpc) is 2.33. The van der Waals surface area contributed by atoms with E-state index in [4.69, 9.17) is 0 Å². The Kier molecular flexibility index (Phi) is 4.10. The van der Waals surface area contributed by atoms with Crippen LogP contribution in [0.2, 0.25) is 0 Å². The first-order valence-corrected chi connectivity index (χ1v) is 6.50. The van der Waals surface area contributed by atoms with E-state index in [2.05, 4.69) is 15.9 Å². The lowest BCUT2D eigenvalue weighted by Gasteiger charge is -2.06. The molecule has 2 rings (SSSR count). The van der Waals surface area contributed by atoms with Gasteiger partial charge in [0, 0.05) is 12.0 Å². The zero-order valence-corrected chi connectivity index (χ0v) is 11.8. The van der Waals surface area contributed by atoms with Crippen LogP contribution in [0.4, 0.5) is 8.78 Å². The van der Waals surface area contributed by atoms with Gasteiger partial charge < -0.3 is 0 Å². The van der Waals surface area contributed by atoms with Crippen molar-refractivity contribution in [1.29, 1.82) is 0 Å². The van der Waals surface area contributed by atoms with Gasteiger partial charge in [-0.1, -0.05) is 6.07 Å². The minimum Gasteiger partial charge on any atom is -0.294 e. The molecule has 0 saturated carbocycles. The summed E-state index contributed by atoms with van der Waals surface area (Å²) < 4.78 is 26.4. The Hall–Kier alpha value is -1.55. The van der Waals surface area contributed by atoms with E-state index >= 15 is 0 Å². The monoisotopic (exact) mass is 324 g/mol. The van der Waals surface area contributed by atoms with Gasteiger partial charge in [-0.3, -0.25) is 4.79 Å². The number of ketones is 1. The van der Waals surface area contributed by atoms with E-state index in [0.717, 1.165) is 0 Å². The van der Waals surface area contributed by atoms with Crippen LogP contribution in [0.3, 0.4) is 0 Å². The fourth-order valence-electron chi connectivity index (χ4n) is 1.87. The summed E-state index contributed by atoms with van der Waals surface area (Å²) in [6.45, 7) is 1.69. The van der Waals surface area contributed by atoms with Crippen LogP contribution >= 0.6 is 15.9 Å². The van der Waals surface area contributed by atoms with Crippen LogP contribution in [0.15, 0.2) is 40.9 Å². The molecule has 0 aliphatic carbocycles. The normalized spacial score (nSPS) is 10.5. The Morgan fingerprint density at radius 1 is 1.16 bits per heavy atom. The van der Waals surface area contributed by atoms with Gasteiger partial charge >= 0.3 is 0 Å². The van der Waals surface area contributed by atoms with Gasteiger partial charge in [0.25, 0.3) is 0 Å². The zero-order chi connectivity index (χ0) is 14.0. The molecular weight excluding hydrogens is 314 g/mol. The molecule has 4 heteroatoms. The maximum absolute atomic E-state index is 13.1. The summed E-state index contributed by atoms with van der Waals surface area (Å²) in [5.74, 6) is -0.844. The molecule has 0 radical (unpaired) electrons. The average molecular weight is 325 g/mol. The molecule has 0 aromatic heterocycles. The van der Waals surface area contributed by atoms with Crippen LogP contribution < -0.4 is 0 Å². The molecule has 19 heavy (non-hydrogen) atoms. The molecule has 0 amide bonds. The number of carbonyl (C=O) groups excluding carboxylic acids is 1. The van der Waals surface area contributed by atoms with E-state index in [9.17, 15) is 13.6 Å². The summed E-state index contributed by atoms with van der Waals surface area (Å²) in [7, 11) is 0. The summed E-state index contributed by atoms with van der Waals surface area (Å²) in [5.41, 5.74) is 1.80. The van der Waals surface area contributed by atoms with E-state index in [1.807, 2.05) is 0 Å². The predicted molar refractivity (Wildman–Crippen MR) is 73.3 cm³/mol. The standard InChI is InChI=1S/C15H11BrF2O/c1-9-6-11(17)3-4-12(9)15(19)8-10-2-5-14(18)13(16)7-10/h2-7H,8H2,1H3. The minimum absolute atomic E-state index is 0.115. The molecule has 0 aliphatic rings. The molecule has 2 aromatic rings. The highest BCUT2D eigenvalue weighted by Crippen LogP contribution is 2.19. The summed E-state index contributed by atoms with van der Waals surface area (Å²) in [5, 5.41) is 0. The van der Waals surface area contributed by atoms with Crippen LogP contribution in [-0.4, -0.2) is 5.78 Å². The van der Waals surface area contributed by atoms with Crippen LogP contribution in [0.1, 0.15) is 21.5 Å². The van der Waals surface area contributed by atoms with Crippen molar-refractivity contribution >= 4 is 21.7 Å². The van der Waals surface area contributed by atoms with Crippen molar-refractivity contribution < 1.29 is 13.6 Å². The second kappa shape index (κ2) is 5.61. The highest BCUT2D eigenvalue weighted by molar-refractivity contribution is 9.10. The number of benzene rings is 2. The van der Waals surface area contributed by atoms with Crippen LogP contribution in [-0.2, 0) is 6.42 Å². The van der Waals surface area contributed by atoms with E-state index in [0.29, 0.717) is 21.2 Å². The van der Waals surface area contributed by atoms with E-state index in [-0.39, 0.29) is 23.8 Å². The van der Waals surface area contributed by atoms with Gasteiger partial charge in [0.1, 0.15) is 11.6 Å². The third kappa shape index (κ3) is 3.26. The van der Waals surface area contributed by atoms with Crippen LogP contribution in [0.5, 0.6) is 0 Å². The van der Waals surface area contributed by atoms with Crippen molar-refractivity contribution in [2.24, 2.45) is 0 Å². The number of hydrogen-bond donors (Lipinski definition) is 0. The predicted octanol–water partition coefficient (Wildman–Crippen LogP) is 4.46. The lowest BCUT2D eigenvalue weighted by Crippen LogP contribution is -2.06. The highest BCUT2D eigenvalue weighted by atomic mass is 79.9. The molecule has 0 spiro atoms. The Morgan fingerprint density at radius 3 is 2.53 bits per heavy atom.